The van der Waals surface area contributed by atoms with Crippen molar-refractivity contribution in [3.05, 3.63) is 192 Å². The topological polar surface area (TPSA) is 43.6 Å². The summed E-state index contributed by atoms with van der Waals surface area (Å²) in [7, 11) is 0. The minimum absolute atomic E-state index is 0.471. The Balaban J connectivity index is 1.26. The van der Waals surface area contributed by atoms with Gasteiger partial charge < -0.3 is 0 Å². The molecular formula is C48H28N4S. The highest BCUT2D eigenvalue weighted by atomic mass is 32.2. The Morgan fingerprint density at radius 3 is 1.98 bits per heavy atom. The standard InChI is InChI=1S/C48H28N4S/c1-2-14-30(15-3-1)44-34-19-12-28-49-46(34)51-47(50-44)52-39-26-24-29-13-4-5-16-31(29)42(39)43-40(52)27-25-38-45(43)53-41-23-11-10-22-37(41)48(38)35-20-8-6-17-32(35)33-18-7-9-21-36(33)48/h1-28H. The highest BCUT2D eigenvalue weighted by Gasteiger charge is 2.50. The third-order valence-corrected chi connectivity index (χ3v) is 12.5. The molecule has 0 bridgehead atoms. The smallest absolute Gasteiger partial charge is 0.237 e. The van der Waals surface area contributed by atoms with Gasteiger partial charge in [0.25, 0.3) is 0 Å². The van der Waals surface area contributed by atoms with Gasteiger partial charge >= 0.3 is 0 Å². The fourth-order valence-electron chi connectivity index (χ4n) is 9.26. The largest absolute Gasteiger partial charge is 0.278 e. The van der Waals surface area contributed by atoms with E-state index in [9.17, 15) is 0 Å². The molecule has 246 valence electrons. The van der Waals surface area contributed by atoms with Crippen LogP contribution in [0.3, 0.4) is 0 Å². The number of nitrogens with zero attached hydrogens (tertiary/aromatic N) is 4. The summed E-state index contributed by atoms with van der Waals surface area (Å²) >= 11 is 1.89. The maximum Gasteiger partial charge on any atom is 0.237 e. The average molecular weight is 693 g/mol. The highest BCUT2D eigenvalue weighted by Crippen LogP contribution is 2.63. The van der Waals surface area contributed by atoms with E-state index in [2.05, 4.69) is 156 Å². The van der Waals surface area contributed by atoms with E-state index in [-0.39, 0.29) is 0 Å². The van der Waals surface area contributed by atoms with Crippen molar-refractivity contribution < 1.29 is 0 Å². The lowest BCUT2D eigenvalue weighted by atomic mass is 9.67. The van der Waals surface area contributed by atoms with Gasteiger partial charge in [-0.3, -0.25) is 4.57 Å². The molecular weight excluding hydrogens is 665 g/mol. The van der Waals surface area contributed by atoms with Gasteiger partial charge in [0.15, 0.2) is 5.65 Å². The fourth-order valence-corrected chi connectivity index (χ4v) is 10.6. The highest BCUT2D eigenvalue weighted by molar-refractivity contribution is 7.99. The van der Waals surface area contributed by atoms with E-state index in [0.717, 1.165) is 27.7 Å². The Morgan fingerprint density at radius 2 is 1.15 bits per heavy atom. The minimum Gasteiger partial charge on any atom is -0.278 e. The van der Waals surface area contributed by atoms with Crippen molar-refractivity contribution in [3.63, 3.8) is 0 Å². The van der Waals surface area contributed by atoms with Crippen molar-refractivity contribution in [2.75, 3.05) is 0 Å². The van der Waals surface area contributed by atoms with E-state index in [1.54, 1.807) is 0 Å². The quantitative estimate of drug-likeness (QED) is 0.181. The number of hydrogen-bond donors (Lipinski definition) is 0. The number of benzene rings is 7. The monoisotopic (exact) mass is 692 g/mol. The molecule has 3 aromatic heterocycles. The Bertz CT molecular complexity index is 3120. The summed E-state index contributed by atoms with van der Waals surface area (Å²) in [6.45, 7) is 0. The van der Waals surface area contributed by atoms with Crippen LogP contribution in [0.15, 0.2) is 180 Å². The molecule has 2 aliphatic rings. The zero-order chi connectivity index (χ0) is 34.7. The summed E-state index contributed by atoms with van der Waals surface area (Å²) in [6.07, 6.45) is 1.81. The second kappa shape index (κ2) is 10.7. The maximum atomic E-state index is 5.38. The molecule has 1 spiro atoms. The molecule has 12 rings (SSSR count). The van der Waals surface area contributed by atoms with Crippen LogP contribution in [-0.2, 0) is 5.41 Å². The molecule has 7 aromatic carbocycles. The van der Waals surface area contributed by atoms with Crippen LogP contribution in [0.4, 0.5) is 0 Å². The van der Waals surface area contributed by atoms with Crippen molar-refractivity contribution in [1.82, 2.24) is 19.5 Å². The molecule has 4 heterocycles. The second-order valence-corrected chi connectivity index (χ2v) is 15.0. The predicted octanol–water partition coefficient (Wildman–Crippen LogP) is 11.8. The summed E-state index contributed by atoms with van der Waals surface area (Å²) in [5.41, 5.74) is 12.2. The third kappa shape index (κ3) is 3.79. The number of pyridine rings is 1. The van der Waals surface area contributed by atoms with Crippen molar-refractivity contribution in [2.24, 2.45) is 0 Å². The molecule has 0 saturated heterocycles. The van der Waals surface area contributed by atoms with E-state index in [0.29, 0.717) is 11.6 Å². The molecule has 1 aliphatic carbocycles. The lowest BCUT2D eigenvalue weighted by molar-refractivity contribution is 0.726. The SMILES string of the molecule is c1ccc(-c2nc(-n3c4ccc5c(c4c4c6ccccc6ccc43)Sc3ccccc3C53c4ccccc4-c4ccccc43)nc3ncccc23)cc1. The van der Waals surface area contributed by atoms with Crippen LogP contribution in [0.25, 0.3) is 71.9 Å². The first-order valence-corrected chi connectivity index (χ1v) is 18.8. The predicted molar refractivity (Wildman–Crippen MR) is 216 cm³/mol. The van der Waals surface area contributed by atoms with E-state index < -0.39 is 5.41 Å². The van der Waals surface area contributed by atoms with Crippen LogP contribution in [0.1, 0.15) is 22.3 Å². The van der Waals surface area contributed by atoms with E-state index >= 15 is 0 Å². The van der Waals surface area contributed by atoms with Crippen LogP contribution in [0, 0.1) is 0 Å². The Morgan fingerprint density at radius 1 is 0.491 bits per heavy atom. The first-order chi connectivity index (χ1) is 26.3. The molecule has 0 amide bonds. The molecule has 0 saturated carbocycles. The second-order valence-electron chi connectivity index (χ2n) is 13.9. The van der Waals surface area contributed by atoms with Gasteiger partial charge in [-0.05, 0) is 74.5 Å². The van der Waals surface area contributed by atoms with Crippen LogP contribution in [0.5, 0.6) is 0 Å². The van der Waals surface area contributed by atoms with Gasteiger partial charge in [0, 0.05) is 37.7 Å². The summed E-state index contributed by atoms with van der Waals surface area (Å²) in [4.78, 5) is 17.9. The molecule has 0 radical (unpaired) electrons. The number of fused-ring (bicyclic) bond motifs is 16. The molecule has 5 heteroatoms. The zero-order valence-corrected chi connectivity index (χ0v) is 29.2. The minimum atomic E-state index is -0.471. The van der Waals surface area contributed by atoms with Gasteiger partial charge in [0.2, 0.25) is 5.95 Å². The molecule has 0 unspecified atom stereocenters. The molecule has 0 N–H and O–H groups in total. The summed E-state index contributed by atoms with van der Waals surface area (Å²) in [5.74, 6) is 0.609. The van der Waals surface area contributed by atoms with E-state index in [4.69, 9.17) is 15.0 Å². The Kier molecular flexibility index (Phi) is 5.89. The Hall–Kier alpha value is -6.56. The Labute approximate surface area is 309 Å². The number of aromatic nitrogens is 4. The summed E-state index contributed by atoms with van der Waals surface area (Å²) < 4.78 is 2.27. The van der Waals surface area contributed by atoms with Gasteiger partial charge in [-0.2, -0.15) is 4.98 Å². The summed E-state index contributed by atoms with van der Waals surface area (Å²) in [6, 6.07) is 59.3. The van der Waals surface area contributed by atoms with Gasteiger partial charge in [0.05, 0.1) is 22.1 Å². The molecule has 53 heavy (non-hydrogen) atoms. The third-order valence-electron chi connectivity index (χ3n) is 11.3. The molecule has 4 nitrogen and oxygen atoms in total. The van der Waals surface area contributed by atoms with Gasteiger partial charge in [-0.1, -0.05) is 145 Å². The van der Waals surface area contributed by atoms with Crippen molar-refractivity contribution in [3.8, 4) is 28.3 Å². The first-order valence-electron chi connectivity index (χ1n) is 18.0. The molecule has 1 aliphatic heterocycles. The van der Waals surface area contributed by atoms with E-state index in [1.807, 2.05) is 30.1 Å². The van der Waals surface area contributed by atoms with Gasteiger partial charge in [-0.15, -0.1) is 0 Å². The first kappa shape index (κ1) is 29.1. The average Bonchev–Trinajstić information content (AvgIpc) is 3.73. The summed E-state index contributed by atoms with van der Waals surface area (Å²) in [5, 5.41) is 5.78. The number of hydrogen-bond acceptors (Lipinski definition) is 4. The molecule has 10 aromatic rings. The molecule has 0 atom stereocenters. The van der Waals surface area contributed by atoms with Crippen molar-refractivity contribution in [2.45, 2.75) is 15.2 Å². The van der Waals surface area contributed by atoms with Crippen LogP contribution < -0.4 is 0 Å². The number of rotatable bonds is 2. The zero-order valence-electron chi connectivity index (χ0n) is 28.4. The van der Waals surface area contributed by atoms with Gasteiger partial charge in [-0.25, -0.2) is 9.97 Å². The normalized spacial score (nSPS) is 13.7. The maximum absolute atomic E-state index is 5.38. The van der Waals surface area contributed by atoms with Crippen LogP contribution in [-0.4, -0.2) is 19.5 Å². The van der Waals surface area contributed by atoms with Crippen LogP contribution >= 0.6 is 11.8 Å². The van der Waals surface area contributed by atoms with Crippen molar-refractivity contribution in [1.29, 1.82) is 0 Å². The fraction of sp³-hybridized carbons (Fsp3) is 0.0208. The van der Waals surface area contributed by atoms with Crippen LogP contribution in [0.2, 0.25) is 0 Å². The lowest BCUT2D eigenvalue weighted by Gasteiger charge is -2.40. The van der Waals surface area contributed by atoms with E-state index in [1.165, 1.54) is 64.7 Å². The van der Waals surface area contributed by atoms with Crippen molar-refractivity contribution >= 4 is 55.4 Å². The van der Waals surface area contributed by atoms with Gasteiger partial charge in [0.1, 0.15) is 0 Å². The molecule has 0 fully saturated rings. The lowest BCUT2D eigenvalue weighted by Crippen LogP contribution is -2.32.